The summed E-state index contributed by atoms with van der Waals surface area (Å²) in [7, 11) is -0.0950. The summed E-state index contributed by atoms with van der Waals surface area (Å²) >= 11 is 0. The van der Waals surface area contributed by atoms with Crippen molar-refractivity contribution in [3.8, 4) is 0 Å². The molecule has 7 rings (SSSR count). The van der Waals surface area contributed by atoms with Crippen LogP contribution in [0.4, 0.5) is 0 Å². The van der Waals surface area contributed by atoms with Crippen LogP contribution >= 0.6 is 0 Å². The van der Waals surface area contributed by atoms with E-state index in [9.17, 15) is 0 Å². The molecule has 2 aliphatic rings. The van der Waals surface area contributed by atoms with Gasteiger partial charge in [0, 0.05) is 6.04 Å². The van der Waals surface area contributed by atoms with Gasteiger partial charge < -0.3 is 9.47 Å². The Morgan fingerprint density at radius 3 is 1.97 bits per heavy atom. The first-order chi connectivity index (χ1) is 16.9. The molecule has 34 heavy (non-hydrogen) atoms. The van der Waals surface area contributed by atoms with Gasteiger partial charge in [-0.05, 0) is 57.5 Å². The molecule has 2 nitrogen and oxygen atoms in total. The van der Waals surface area contributed by atoms with Crippen molar-refractivity contribution in [3.63, 3.8) is 0 Å². The molecule has 1 unspecified atom stereocenters. The number of rotatable bonds is 3. The van der Waals surface area contributed by atoms with E-state index in [1.165, 1.54) is 44.6 Å². The van der Waals surface area contributed by atoms with Crippen LogP contribution in [0.3, 0.4) is 0 Å². The van der Waals surface area contributed by atoms with E-state index in [0.29, 0.717) is 6.04 Å². The Morgan fingerprint density at radius 2 is 1.26 bits per heavy atom. The fourth-order valence-electron chi connectivity index (χ4n) is 6.42. The molecule has 2 aliphatic heterocycles. The van der Waals surface area contributed by atoms with Crippen LogP contribution in [0.5, 0.6) is 0 Å². The lowest BCUT2D eigenvalue weighted by Gasteiger charge is -2.36. The van der Waals surface area contributed by atoms with Gasteiger partial charge in [-0.2, -0.15) is 0 Å². The van der Waals surface area contributed by atoms with Crippen molar-refractivity contribution in [2.75, 3.05) is 6.54 Å². The number of benzene rings is 5. The van der Waals surface area contributed by atoms with Crippen LogP contribution in [-0.2, 0) is 10.3 Å². The number of fused-ring (bicyclic) bond motifs is 4. The zero-order chi connectivity index (χ0) is 22.5. The van der Waals surface area contributed by atoms with Gasteiger partial charge in [0.15, 0.2) is 0 Å². The largest absolute Gasteiger partial charge is 0.420 e. The molecule has 0 aliphatic carbocycles. The molecule has 0 saturated carbocycles. The maximum Gasteiger partial charge on any atom is 0.420 e. The van der Waals surface area contributed by atoms with Crippen LogP contribution in [0.15, 0.2) is 115 Å². The first-order valence-electron chi connectivity index (χ1n) is 12.3. The Bertz CT molecular complexity index is 1440. The van der Waals surface area contributed by atoms with Gasteiger partial charge in [0.1, 0.15) is 5.60 Å². The topological polar surface area (TPSA) is 12.5 Å². The molecule has 2 saturated heterocycles. The Morgan fingerprint density at radius 1 is 0.676 bits per heavy atom. The number of nitrogens with zero attached hydrogens (tertiary/aromatic N) is 1. The Kier molecular flexibility index (Phi) is 4.61. The monoisotopic (exact) mass is 439 g/mol. The molecule has 0 spiro atoms. The summed E-state index contributed by atoms with van der Waals surface area (Å²) in [6.45, 7) is 1.05. The van der Waals surface area contributed by atoms with E-state index < -0.39 is 5.60 Å². The first kappa shape index (κ1) is 20.0. The Hall–Kier alpha value is -3.40. The summed E-state index contributed by atoms with van der Waals surface area (Å²) in [4.78, 5) is 2.62. The van der Waals surface area contributed by atoms with E-state index in [2.05, 4.69) is 120 Å². The minimum Gasteiger partial charge on any atom is -0.402 e. The zero-order valence-corrected chi connectivity index (χ0v) is 19.1. The van der Waals surface area contributed by atoms with E-state index in [-0.39, 0.29) is 7.05 Å². The van der Waals surface area contributed by atoms with Gasteiger partial charge in [-0.3, -0.25) is 0 Å². The molecule has 5 aromatic rings. The van der Waals surface area contributed by atoms with Crippen LogP contribution in [0.1, 0.15) is 24.0 Å². The standard InChI is InChI=1S/C31H26BNO/c1-3-13-24(14-4-1)31(25-15-5-2-6-16-25)30-20-11-21-33(30)32(34-31)29-22-23-12-7-8-17-26(23)27-18-9-10-19-28(27)29/h1-10,12-19,22,30H,11,20-21H2. The maximum absolute atomic E-state index is 7.36. The Labute approximate surface area is 200 Å². The SMILES string of the molecule is c1ccc(C2(c3ccccc3)OB(c3cc4ccccc4c4ccccc34)N3CCCC32)cc1. The summed E-state index contributed by atoms with van der Waals surface area (Å²) in [5.74, 6) is 0. The lowest BCUT2D eigenvalue weighted by molar-refractivity contribution is 0.106. The molecular weight excluding hydrogens is 413 g/mol. The van der Waals surface area contributed by atoms with Gasteiger partial charge in [0.05, 0.1) is 0 Å². The number of hydrogen-bond donors (Lipinski definition) is 0. The van der Waals surface area contributed by atoms with E-state index in [1.807, 2.05) is 0 Å². The van der Waals surface area contributed by atoms with Crippen molar-refractivity contribution in [3.05, 3.63) is 126 Å². The third-order valence-corrected chi connectivity index (χ3v) is 7.83. The summed E-state index contributed by atoms with van der Waals surface area (Å²) in [5.41, 5.74) is 3.27. The summed E-state index contributed by atoms with van der Waals surface area (Å²) in [5, 5.41) is 5.16. The molecule has 0 amide bonds. The molecule has 0 bridgehead atoms. The third kappa shape index (κ3) is 2.84. The fourth-order valence-corrected chi connectivity index (χ4v) is 6.42. The average molecular weight is 439 g/mol. The molecule has 164 valence electrons. The Balaban J connectivity index is 1.48. The summed E-state index contributed by atoms with van der Waals surface area (Å²) in [6, 6.07) is 41.9. The van der Waals surface area contributed by atoms with Gasteiger partial charge in [-0.1, -0.05) is 115 Å². The highest BCUT2D eigenvalue weighted by molar-refractivity contribution is 6.69. The van der Waals surface area contributed by atoms with E-state index in [0.717, 1.165) is 13.0 Å². The summed E-state index contributed by atoms with van der Waals surface area (Å²) in [6.07, 6.45) is 2.32. The predicted molar refractivity (Wildman–Crippen MR) is 141 cm³/mol. The van der Waals surface area contributed by atoms with Gasteiger partial charge in [-0.25, -0.2) is 0 Å². The average Bonchev–Trinajstić information content (AvgIpc) is 3.52. The normalized spacial score (nSPS) is 19.6. The van der Waals surface area contributed by atoms with Gasteiger partial charge in [0.2, 0.25) is 0 Å². The van der Waals surface area contributed by atoms with Crippen LogP contribution in [-0.4, -0.2) is 24.4 Å². The smallest absolute Gasteiger partial charge is 0.402 e. The fraction of sp³-hybridized carbons (Fsp3) is 0.161. The molecular formula is C31H26BNO. The van der Waals surface area contributed by atoms with E-state index in [1.54, 1.807) is 0 Å². The maximum atomic E-state index is 7.36. The van der Waals surface area contributed by atoms with Crippen molar-refractivity contribution in [2.24, 2.45) is 0 Å². The molecule has 3 heteroatoms. The van der Waals surface area contributed by atoms with E-state index in [4.69, 9.17) is 4.65 Å². The first-order valence-corrected chi connectivity index (χ1v) is 12.3. The minimum absolute atomic E-state index is 0.0950. The van der Waals surface area contributed by atoms with Gasteiger partial charge >= 0.3 is 7.05 Å². The van der Waals surface area contributed by atoms with Gasteiger partial charge in [-0.15, -0.1) is 0 Å². The van der Waals surface area contributed by atoms with Crippen LogP contribution in [0.2, 0.25) is 0 Å². The van der Waals surface area contributed by atoms with Crippen LogP contribution in [0.25, 0.3) is 21.5 Å². The van der Waals surface area contributed by atoms with Gasteiger partial charge in [0.25, 0.3) is 0 Å². The second kappa shape index (κ2) is 7.83. The summed E-state index contributed by atoms with van der Waals surface area (Å²) < 4.78 is 7.36. The molecule has 0 radical (unpaired) electrons. The highest BCUT2D eigenvalue weighted by atomic mass is 16.5. The lowest BCUT2D eigenvalue weighted by atomic mass is 9.69. The van der Waals surface area contributed by atoms with Crippen molar-refractivity contribution in [1.82, 2.24) is 4.81 Å². The molecule has 1 atom stereocenters. The highest BCUT2D eigenvalue weighted by Gasteiger charge is 2.59. The molecule has 5 aromatic carbocycles. The van der Waals surface area contributed by atoms with E-state index >= 15 is 0 Å². The number of hydrogen-bond acceptors (Lipinski definition) is 2. The lowest BCUT2D eigenvalue weighted by Crippen LogP contribution is -2.46. The second-order valence-corrected chi connectivity index (χ2v) is 9.57. The predicted octanol–water partition coefficient (Wildman–Crippen LogP) is 6.13. The van der Waals surface area contributed by atoms with Crippen LogP contribution in [0, 0.1) is 0 Å². The zero-order valence-electron chi connectivity index (χ0n) is 19.1. The second-order valence-electron chi connectivity index (χ2n) is 9.57. The van der Waals surface area contributed by atoms with Crippen molar-refractivity contribution in [1.29, 1.82) is 0 Å². The minimum atomic E-state index is -0.490. The highest BCUT2D eigenvalue weighted by Crippen LogP contribution is 2.49. The molecule has 0 N–H and O–H groups in total. The molecule has 0 aromatic heterocycles. The quantitative estimate of drug-likeness (QED) is 0.248. The van der Waals surface area contributed by atoms with Crippen LogP contribution < -0.4 is 5.46 Å². The molecule has 2 fully saturated rings. The molecule has 2 heterocycles. The van der Waals surface area contributed by atoms with Crippen molar-refractivity contribution >= 4 is 34.1 Å². The van der Waals surface area contributed by atoms with Crippen molar-refractivity contribution in [2.45, 2.75) is 24.5 Å². The van der Waals surface area contributed by atoms with Crippen molar-refractivity contribution < 1.29 is 4.65 Å². The third-order valence-electron chi connectivity index (χ3n) is 7.83.